The zero-order chi connectivity index (χ0) is 35.8. The molecule has 49 heavy (non-hydrogen) atoms. The van der Waals surface area contributed by atoms with Gasteiger partial charge in [-0.1, -0.05) is 158 Å². The SMILES string of the molecule is [2H]c1c([2H])c(-c2ccc(-c3c4ccccc4c(-c4ccc5c(c4)oc4cc6ccccc6cc45)c4ccccc34)cc2)c([2H])c([2H])c1-c1ccccc1. The number of benzene rings is 9. The van der Waals surface area contributed by atoms with Crippen molar-refractivity contribution >= 4 is 54.3 Å². The summed E-state index contributed by atoms with van der Waals surface area (Å²) in [6.45, 7) is 0. The molecule has 0 atom stereocenters. The molecule has 0 bridgehead atoms. The summed E-state index contributed by atoms with van der Waals surface area (Å²) in [5.41, 5.74) is 7.98. The van der Waals surface area contributed by atoms with Crippen LogP contribution in [-0.4, -0.2) is 0 Å². The summed E-state index contributed by atoms with van der Waals surface area (Å²) < 4.78 is 42.0. The maximum absolute atomic E-state index is 8.92. The fraction of sp³-hybridized carbons (Fsp3) is 0. The minimum Gasteiger partial charge on any atom is -0.456 e. The molecule has 0 N–H and O–H groups in total. The molecular formula is C48H30O. The number of hydrogen-bond donors (Lipinski definition) is 0. The lowest BCUT2D eigenvalue weighted by Crippen LogP contribution is -1.91. The molecule has 0 fully saturated rings. The van der Waals surface area contributed by atoms with Crippen molar-refractivity contribution in [3.8, 4) is 44.5 Å². The van der Waals surface area contributed by atoms with E-state index in [4.69, 9.17) is 9.90 Å². The van der Waals surface area contributed by atoms with Crippen molar-refractivity contribution in [2.45, 2.75) is 0 Å². The van der Waals surface area contributed by atoms with E-state index in [9.17, 15) is 0 Å². The number of furan rings is 1. The average molecular weight is 627 g/mol. The molecule has 0 aliphatic heterocycles. The normalized spacial score (nSPS) is 12.8. The van der Waals surface area contributed by atoms with Gasteiger partial charge in [0, 0.05) is 10.8 Å². The summed E-state index contributed by atoms with van der Waals surface area (Å²) in [5.74, 6) is 0. The van der Waals surface area contributed by atoms with Gasteiger partial charge in [0.15, 0.2) is 0 Å². The van der Waals surface area contributed by atoms with Gasteiger partial charge in [-0.05, 0) is 101 Å². The molecule has 0 aliphatic rings. The van der Waals surface area contributed by atoms with Crippen LogP contribution in [0.1, 0.15) is 5.48 Å². The summed E-state index contributed by atoms with van der Waals surface area (Å²) in [4.78, 5) is 0. The van der Waals surface area contributed by atoms with E-state index in [1.807, 2.05) is 54.6 Å². The van der Waals surface area contributed by atoms with E-state index in [1.54, 1.807) is 0 Å². The van der Waals surface area contributed by atoms with Gasteiger partial charge >= 0.3 is 0 Å². The first-order chi connectivity index (χ1) is 26.0. The molecule has 0 radical (unpaired) electrons. The first kappa shape index (κ1) is 23.8. The molecule has 10 rings (SSSR count). The first-order valence-corrected chi connectivity index (χ1v) is 16.5. The maximum Gasteiger partial charge on any atom is 0.136 e. The third-order valence-corrected chi connectivity index (χ3v) is 9.71. The molecule has 9 aromatic carbocycles. The van der Waals surface area contributed by atoms with Crippen LogP contribution in [0.4, 0.5) is 0 Å². The van der Waals surface area contributed by atoms with Crippen LogP contribution in [-0.2, 0) is 0 Å². The van der Waals surface area contributed by atoms with Gasteiger partial charge in [0.1, 0.15) is 11.2 Å². The minimum atomic E-state index is -0.0486. The molecule has 0 saturated carbocycles. The molecular weight excluding hydrogens is 593 g/mol. The summed E-state index contributed by atoms with van der Waals surface area (Å²) >= 11 is 0. The van der Waals surface area contributed by atoms with Crippen molar-refractivity contribution in [2.75, 3.05) is 0 Å². The summed E-state index contributed by atoms with van der Waals surface area (Å²) in [5, 5.41) is 9.03. The Morgan fingerprint density at radius 1 is 0.306 bits per heavy atom. The summed E-state index contributed by atoms with van der Waals surface area (Å²) in [6, 6.07) is 53.2. The molecule has 1 aromatic heterocycles. The zero-order valence-electron chi connectivity index (χ0n) is 30.4. The molecule has 0 aliphatic carbocycles. The molecule has 1 heteroatoms. The van der Waals surface area contributed by atoms with Crippen molar-refractivity contribution in [3.05, 3.63) is 182 Å². The van der Waals surface area contributed by atoms with Gasteiger partial charge in [0.25, 0.3) is 0 Å². The Morgan fingerprint density at radius 2 is 0.755 bits per heavy atom. The van der Waals surface area contributed by atoms with Crippen LogP contribution in [0.15, 0.2) is 186 Å². The Hall–Kier alpha value is -6.44. The van der Waals surface area contributed by atoms with Gasteiger partial charge in [-0.3, -0.25) is 0 Å². The molecule has 0 spiro atoms. The van der Waals surface area contributed by atoms with Crippen molar-refractivity contribution in [3.63, 3.8) is 0 Å². The predicted octanol–water partition coefficient (Wildman–Crippen LogP) is 13.7. The van der Waals surface area contributed by atoms with E-state index < -0.39 is 0 Å². The lowest BCUT2D eigenvalue weighted by atomic mass is 9.85. The average Bonchev–Trinajstić information content (AvgIpc) is 3.55. The zero-order valence-corrected chi connectivity index (χ0v) is 26.4. The van der Waals surface area contributed by atoms with Crippen molar-refractivity contribution in [2.24, 2.45) is 0 Å². The topological polar surface area (TPSA) is 13.1 Å². The Labute approximate surface area is 289 Å². The van der Waals surface area contributed by atoms with Crippen LogP contribution in [0, 0.1) is 0 Å². The van der Waals surface area contributed by atoms with E-state index in [0.717, 1.165) is 71.1 Å². The predicted molar refractivity (Wildman–Crippen MR) is 208 cm³/mol. The van der Waals surface area contributed by atoms with Gasteiger partial charge in [-0.15, -0.1) is 0 Å². The third kappa shape index (κ3) is 4.55. The largest absolute Gasteiger partial charge is 0.456 e. The van der Waals surface area contributed by atoms with Crippen LogP contribution in [0.2, 0.25) is 0 Å². The second kappa shape index (κ2) is 11.1. The fourth-order valence-corrected chi connectivity index (χ4v) is 7.38. The Balaban J connectivity index is 1.13. The Bertz CT molecular complexity index is 3000. The van der Waals surface area contributed by atoms with Crippen molar-refractivity contribution < 1.29 is 9.90 Å². The van der Waals surface area contributed by atoms with Gasteiger partial charge in [0.2, 0.25) is 0 Å². The Morgan fingerprint density at radius 3 is 1.37 bits per heavy atom. The molecule has 1 nitrogen and oxygen atoms in total. The monoisotopic (exact) mass is 626 g/mol. The van der Waals surface area contributed by atoms with Crippen LogP contribution < -0.4 is 0 Å². The highest BCUT2D eigenvalue weighted by molar-refractivity contribution is 6.22. The Kier molecular flexibility index (Phi) is 5.38. The highest BCUT2D eigenvalue weighted by Crippen LogP contribution is 2.45. The fourth-order valence-electron chi connectivity index (χ4n) is 7.38. The lowest BCUT2D eigenvalue weighted by Gasteiger charge is -2.18. The van der Waals surface area contributed by atoms with E-state index >= 15 is 0 Å². The van der Waals surface area contributed by atoms with Crippen molar-refractivity contribution in [1.82, 2.24) is 0 Å². The second-order valence-corrected chi connectivity index (χ2v) is 12.5. The van der Waals surface area contributed by atoms with Crippen LogP contribution in [0.25, 0.3) is 98.8 Å². The van der Waals surface area contributed by atoms with Crippen molar-refractivity contribution in [1.29, 1.82) is 0 Å². The third-order valence-electron chi connectivity index (χ3n) is 9.71. The van der Waals surface area contributed by atoms with E-state index in [-0.39, 0.29) is 24.2 Å². The number of hydrogen-bond acceptors (Lipinski definition) is 1. The summed E-state index contributed by atoms with van der Waals surface area (Å²) in [7, 11) is 0. The smallest absolute Gasteiger partial charge is 0.136 e. The van der Waals surface area contributed by atoms with Gasteiger partial charge < -0.3 is 4.42 Å². The summed E-state index contributed by atoms with van der Waals surface area (Å²) in [6.07, 6.45) is 0. The molecule has 10 aromatic rings. The van der Waals surface area contributed by atoms with Crippen LogP contribution in [0.3, 0.4) is 0 Å². The molecule has 0 saturated heterocycles. The lowest BCUT2D eigenvalue weighted by molar-refractivity contribution is 0.669. The van der Waals surface area contributed by atoms with Crippen LogP contribution >= 0.6 is 0 Å². The first-order valence-electron chi connectivity index (χ1n) is 18.5. The number of fused-ring (bicyclic) bond motifs is 6. The second-order valence-electron chi connectivity index (χ2n) is 12.5. The quantitative estimate of drug-likeness (QED) is 0.177. The standard InChI is InChI=1S/C48H30O/c1-2-10-31(11-3-1)32-18-20-33(21-19-32)34-22-24-35(25-23-34)47-40-14-6-8-16-42(40)48(43-17-9-7-15-41(43)47)38-26-27-39-44-28-36-12-4-5-13-37(36)29-46(44)49-45(39)30-38/h1-30H/i18D,19D,20D,21D. The highest BCUT2D eigenvalue weighted by Gasteiger charge is 2.18. The maximum atomic E-state index is 8.92. The molecule has 0 unspecified atom stereocenters. The molecule has 1 heterocycles. The van der Waals surface area contributed by atoms with Crippen LogP contribution in [0.5, 0.6) is 0 Å². The van der Waals surface area contributed by atoms with Gasteiger partial charge in [0.05, 0.1) is 5.48 Å². The van der Waals surface area contributed by atoms with E-state index in [2.05, 4.69) is 103 Å². The molecule has 228 valence electrons. The van der Waals surface area contributed by atoms with E-state index in [0.29, 0.717) is 22.3 Å². The van der Waals surface area contributed by atoms with Gasteiger partial charge in [-0.25, -0.2) is 0 Å². The van der Waals surface area contributed by atoms with E-state index in [1.165, 1.54) is 5.39 Å². The molecule has 0 amide bonds. The van der Waals surface area contributed by atoms with Gasteiger partial charge in [-0.2, -0.15) is 0 Å². The number of rotatable bonds is 4. The highest BCUT2D eigenvalue weighted by atomic mass is 16.3. The minimum absolute atomic E-state index is 0.0434.